The number of nitrogens with zero attached hydrogens (tertiary/aromatic N) is 1. The van der Waals surface area contributed by atoms with Gasteiger partial charge in [-0.05, 0) is 37.1 Å². The average Bonchev–Trinajstić information content (AvgIpc) is 2.97. The molecule has 1 aliphatic carbocycles. The molecule has 3 N–H and O–H groups in total. The summed E-state index contributed by atoms with van der Waals surface area (Å²) in [7, 11) is 1.59. The van der Waals surface area contributed by atoms with Gasteiger partial charge in [-0.1, -0.05) is 6.42 Å². The SMILES string of the molecule is CN(C[C@H](O)COc1ccc(C(F)(F)F)cc1)C(=O)[C@@H]1CCC[C@@H]1N. The van der Waals surface area contributed by atoms with Crippen LogP contribution in [0.2, 0.25) is 0 Å². The molecule has 3 atom stereocenters. The maximum atomic E-state index is 12.5. The van der Waals surface area contributed by atoms with Crippen LogP contribution in [0.1, 0.15) is 24.8 Å². The van der Waals surface area contributed by atoms with Gasteiger partial charge in [0.25, 0.3) is 0 Å². The van der Waals surface area contributed by atoms with Crippen molar-refractivity contribution in [2.24, 2.45) is 11.7 Å². The molecule has 1 aliphatic rings. The van der Waals surface area contributed by atoms with Crippen molar-refractivity contribution in [1.82, 2.24) is 4.90 Å². The number of amides is 1. The summed E-state index contributed by atoms with van der Waals surface area (Å²) in [4.78, 5) is 13.7. The van der Waals surface area contributed by atoms with Crippen molar-refractivity contribution >= 4 is 5.91 Å². The van der Waals surface area contributed by atoms with Crippen molar-refractivity contribution < 1.29 is 27.8 Å². The molecule has 0 saturated heterocycles. The maximum absolute atomic E-state index is 12.5. The fraction of sp³-hybridized carbons (Fsp3) is 0.588. The normalized spacial score (nSPS) is 21.8. The van der Waals surface area contributed by atoms with Crippen LogP contribution in [0.5, 0.6) is 5.75 Å². The molecule has 1 saturated carbocycles. The van der Waals surface area contributed by atoms with Gasteiger partial charge in [-0.25, -0.2) is 0 Å². The van der Waals surface area contributed by atoms with Crippen molar-refractivity contribution in [1.29, 1.82) is 0 Å². The molecule has 5 nitrogen and oxygen atoms in total. The number of hydrogen-bond acceptors (Lipinski definition) is 4. The fourth-order valence-electron chi connectivity index (χ4n) is 2.97. The van der Waals surface area contributed by atoms with E-state index < -0.39 is 17.8 Å². The molecule has 2 rings (SSSR count). The van der Waals surface area contributed by atoms with E-state index in [2.05, 4.69) is 0 Å². The fourth-order valence-corrected chi connectivity index (χ4v) is 2.97. The smallest absolute Gasteiger partial charge is 0.416 e. The van der Waals surface area contributed by atoms with Crippen molar-refractivity contribution in [3.8, 4) is 5.75 Å². The van der Waals surface area contributed by atoms with Gasteiger partial charge in [-0.2, -0.15) is 13.2 Å². The van der Waals surface area contributed by atoms with E-state index in [0.717, 1.165) is 31.4 Å². The molecule has 0 bridgehead atoms. The van der Waals surface area contributed by atoms with Crippen LogP contribution in [0.15, 0.2) is 24.3 Å². The quantitative estimate of drug-likeness (QED) is 0.814. The zero-order valence-electron chi connectivity index (χ0n) is 14.0. The Hall–Kier alpha value is -1.80. The third-order valence-electron chi connectivity index (χ3n) is 4.37. The molecule has 0 aliphatic heterocycles. The molecule has 8 heteroatoms. The Balaban J connectivity index is 1.80. The third-order valence-corrected chi connectivity index (χ3v) is 4.37. The second kappa shape index (κ2) is 8.05. The van der Waals surface area contributed by atoms with E-state index in [4.69, 9.17) is 10.5 Å². The third kappa shape index (κ3) is 5.34. The summed E-state index contributed by atoms with van der Waals surface area (Å²) < 4.78 is 42.7. The van der Waals surface area contributed by atoms with E-state index in [-0.39, 0.29) is 36.8 Å². The molecule has 1 fully saturated rings. The van der Waals surface area contributed by atoms with Gasteiger partial charge in [0.15, 0.2) is 0 Å². The van der Waals surface area contributed by atoms with Crippen LogP contribution in [0.3, 0.4) is 0 Å². The highest BCUT2D eigenvalue weighted by Gasteiger charge is 2.33. The second-order valence-corrected chi connectivity index (χ2v) is 6.41. The van der Waals surface area contributed by atoms with Crippen LogP contribution in [0, 0.1) is 5.92 Å². The standard InChI is InChI=1S/C17H23F3N2O3/c1-22(16(24)14-3-2-4-15(14)21)9-12(23)10-25-13-7-5-11(6-8-13)17(18,19)20/h5-8,12,14-15,23H,2-4,9-10,21H2,1H3/t12-,14+,15-/m0/s1. The molecule has 0 unspecified atom stereocenters. The number of likely N-dealkylation sites (N-methyl/N-ethyl adjacent to an activating group) is 1. The van der Waals surface area contributed by atoms with Crippen molar-refractivity contribution in [2.75, 3.05) is 20.2 Å². The molecule has 0 aromatic heterocycles. The first-order chi connectivity index (χ1) is 11.7. The summed E-state index contributed by atoms with van der Waals surface area (Å²) in [6, 6.07) is 4.08. The van der Waals surface area contributed by atoms with E-state index in [1.54, 1.807) is 7.05 Å². The lowest BCUT2D eigenvalue weighted by molar-refractivity contribution is -0.137. The highest BCUT2D eigenvalue weighted by atomic mass is 19.4. The number of rotatable bonds is 6. The van der Waals surface area contributed by atoms with Crippen LogP contribution in [-0.2, 0) is 11.0 Å². The Labute approximate surface area is 144 Å². The van der Waals surface area contributed by atoms with Crippen LogP contribution in [0.25, 0.3) is 0 Å². The summed E-state index contributed by atoms with van der Waals surface area (Å²) in [5.41, 5.74) is 5.15. The van der Waals surface area contributed by atoms with E-state index in [1.807, 2.05) is 0 Å². The predicted molar refractivity (Wildman–Crippen MR) is 85.9 cm³/mol. The average molecular weight is 360 g/mol. The lowest BCUT2D eigenvalue weighted by atomic mass is 10.0. The van der Waals surface area contributed by atoms with Gasteiger partial charge in [0.2, 0.25) is 5.91 Å². The van der Waals surface area contributed by atoms with E-state index in [1.165, 1.54) is 17.0 Å². The monoisotopic (exact) mass is 360 g/mol. The predicted octanol–water partition coefficient (Wildman–Crippen LogP) is 2.03. The van der Waals surface area contributed by atoms with E-state index in [9.17, 15) is 23.1 Å². The van der Waals surface area contributed by atoms with Gasteiger partial charge in [0, 0.05) is 19.6 Å². The number of halogens is 3. The van der Waals surface area contributed by atoms with E-state index in [0.29, 0.717) is 0 Å². The molecular weight excluding hydrogens is 337 g/mol. The molecule has 0 radical (unpaired) electrons. The van der Waals surface area contributed by atoms with Crippen LogP contribution < -0.4 is 10.5 Å². The first kappa shape index (κ1) is 19.5. The lowest BCUT2D eigenvalue weighted by Gasteiger charge is -2.25. The minimum Gasteiger partial charge on any atom is -0.491 e. The van der Waals surface area contributed by atoms with Crippen molar-refractivity contribution in [3.05, 3.63) is 29.8 Å². The first-order valence-electron chi connectivity index (χ1n) is 8.17. The molecule has 1 aromatic carbocycles. The first-order valence-corrected chi connectivity index (χ1v) is 8.17. The minimum absolute atomic E-state index is 0.0721. The number of nitrogens with two attached hydrogens (primary N) is 1. The molecule has 140 valence electrons. The van der Waals surface area contributed by atoms with Crippen LogP contribution in [0.4, 0.5) is 13.2 Å². The van der Waals surface area contributed by atoms with Gasteiger partial charge < -0.3 is 20.5 Å². The van der Waals surface area contributed by atoms with Crippen LogP contribution >= 0.6 is 0 Å². The molecule has 1 aromatic rings. The van der Waals surface area contributed by atoms with Gasteiger partial charge >= 0.3 is 6.18 Å². The van der Waals surface area contributed by atoms with Gasteiger partial charge in [-0.3, -0.25) is 4.79 Å². The Morgan fingerprint density at radius 1 is 1.36 bits per heavy atom. The van der Waals surface area contributed by atoms with Gasteiger partial charge in [-0.15, -0.1) is 0 Å². The zero-order valence-corrected chi connectivity index (χ0v) is 14.0. The summed E-state index contributed by atoms with van der Waals surface area (Å²) >= 11 is 0. The summed E-state index contributed by atoms with van der Waals surface area (Å²) in [5.74, 6) is -0.0922. The Morgan fingerprint density at radius 3 is 2.52 bits per heavy atom. The van der Waals surface area contributed by atoms with Gasteiger partial charge in [0.1, 0.15) is 18.5 Å². The topological polar surface area (TPSA) is 75.8 Å². The number of ether oxygens (including phenoxy) is 1. The highest BCUT2D eigenvalue weighted by Crippen LogP contribution is 2.30. The number of carbonyl (C=O) groups excluding carboxylic acids is 1. The Bertz CT molecular complexity index is 577. The Morgan fingerprint density at radius 2 is 2.00 bits per heavy atom. The molecule has 0 spiro atoms. The molecule has 25 heavy (non-hydrogen) atoms. The number of alkyl halides is 3. The largest absolute Gasteiger partial charge is 0.491 e. The number of carbonyl (C=O) groups is 1. The van der Waals surface area contributed by atoms with Crippen molar-refractivity contribution in [3.63, 3.8) is 0 Å². The molecule has 0 heterocycles. The van der Waals surface area contributed by atoms with Crippen molar-refractivity contribution in [2.45, 2.75) is 37.6 Å². The summed E-state index contributed by atoms with van der Waals surface area (Å²) in [6.07, 6.45) is -2.85. The number of aliphatic hydroxyl groups excluding tert-OH is 1. The lowest BCUT2D eigenvalue weighted by Crippen LogP contribution is -2.43. The summed E-state index contributed by atoms with van der Waals surface area (Å²) in [5, 5.41) is 9.99. The van der Waals surface area contributed by atoms with Crippen LogP contribution in [-0.4, -0.2) is 48.3 Å². The number of benzene rings is 1. The molecule has 1 amide bonds. The molecular formula is C17H23F3N2O3. The summed E-state index contributed by atoms with van der Waals surface area (Å²) in [6.45, 7) is -0.0532. The highest BCUT2D eigenvalue weighted by molar-refractivity contribution is 5.79. The number of hydrogen-bond donors (Lipinski definition) is 2. The maximum Gasteiger partial charge on any atom is 0.416 e. The second-order valence-electron chi connectivity index (χ2n) is 6.41. The Kier molecular flexibility index (Phi) is 6.29. The van der Waals surface area contributed by atoms with E-state index >= 15 is 0 Å². The minimum atomic E-state index is -4.40. The zero-order chi connectivity index (χ0) is 18.6. The number of aliphatic hydroxyl groups is 1. The van der Waals surface area contributed by atoms with Gasteiger partial charge in [0.05, 0.1) is 11.5 Å².